The van der Waals surface area contributed by atoms with E-state index >= 15 is 0 Å². The van der Waals surface area contributed by atoms with E-state index < -0.39 is 6.10 Å². The Morgan fingerprint density at radius 2 is 0.528 bits per heavy atom. The molecule has 0 spiro atoms. The summed E-state index contributed by atoms with van der Waals surface area (Å²) in [7, 11) is 0. The molecule has 0 amide bonds. The van der Waals surface area contributed by atoms with Crippen LogP contribution in [0.15, 0.2) is 36.5 Å². The fourth-order valence-electron chi connectivity index (χ4n) is 9.54. The van der Waals surface area contributed by atoms with Crippen molar-refractivity contribution in [2.45, 2.75) is 354 Å². The summed E-state index contributed by atoms with van der Waals surface area (Å²) in [4.78, 5) is 38.3. The van der Waals surface area contributed by atoms with Crippen molar-refractivity contribution in [1.29, 1.82) is 0 Å². The highest BCUT2D eigenvalue weighted by Crippen LogP contribution is 2.18. The van der Waals surface area contributed by atoms with Gasteiger partial charge in [0.2, 0.25) is 0 Å². The van der Waals surface area contributed by atoms with Crippen LogP contribution in [0.1, 0.15) is 348 Å². The highest BCUT2D eigenvalue weighted by Gasteiger charge is 2.19. The molecule has 0 bridgehead atoms. The molecule has 1 unspecified atom stereocenters. The average molecular weight is 1010 g/mol. The van der Waals surface area contributed by atoms with Crippen LogP contribution in [0.25, 0.3) is 0 Å². The normalized spacial score (nSPS) is 12.2. The Morgan fingerprint density at radius 3 is 0.833 bits per heavy atom. The zero-order chi connectivity index (χ0) is 52.2. The van der Waals surface area contributed by atoms with Gasteiger partial charge in [0.1, 0.15) is 13.2 Å². The second-order valence-electron chi connectivity index (χ2n) is 21.7. The maximum absolute atomic E-state index is 12.9. The summed E-state index contributed by atoms with van der Waals surface area (Å²) in [6.45, 7) is 6.62. The largest absolute Gasteiger partial charge is 0.462 e. The Balaban J connectivity index is 4.27. The molecule has 0 saturated carbocycles. The smallest absolute Gasteiger partial charge is 0.306 e. The van der Waals surface area contributed by atoms with Gasteiger partial charge in [-0.25, -0.2) is 0 Å². The summed E-state index contributed by atoms with van der Waals surface area (Å²) in [5, 5.41) is 0. The Labute approximate surface area is 448 Å². The molecule has 422 valence electrons. The minimum Gasteiger partial charge on any atom is -0.462 e. The lowest BCUT2D eigenvalue weighted by Crippen LogP contribution is -2.30. The molecule has 0 aliphatic carbocycles. The van der Waals surface area contributed by atoms with Crippen molar-refractivity contribution in [3.63, 3.8) is 0 Å². The van der Waals surface area contributed by atoms with Gasteiger partial charge in [-0.3, -0.25) is 14.4 Å². The van der Waals surface area contributed by atoms with Crippen LogP contribution in [0.2, 0.25) is 0 Å². The van der Waals surface area contributed by atoms with Gasteiger partial charge in [-0.2, -0.15) is 0 Å². The molecule has 0 saturated heterocycles. The monoisotopic (exact) mass is 1010 g/mol. The van der Waals surface area contributed by atoms with E-state index in [2.05, 4.69) is 57.2 Å². The summed E-state index contributed by atoms with van der Waals surface area (Å²) >= 11 is 0. The van der Waals surface area contributed by atoms with Gasteiger partial charge in [-0.05, 0) is 70.6 Å². The maximum atomic E-state index is 12.9. The molecule has 0 rings (SSSR count). The molecule has 0 aliphatic rings. The predicted molar refractivity (Wildman–Crippen MR) is 312 cm³/mol. The van der Waals surface area contributed by atoms with Crippen molar-refractivity contribution in [3.05, 3.63) is 36.5 Å². The van der Waals surface area contributed by atoms with Crippen LogP contribution in [-0.4, -0.2) is 37.2 Å². The summed E-state index contributed by atoms with van der Waals surface area (Å²) < 4.78 is 16.9. The summed E-state index contributed by atoms with van der Waals surface area (Å²) in [6, 6.07) is 0. The predicted octanol–water partition coefficient (Wildman–Crippen LogP) is 21.6. The molecule has 6 heteroatoms. The van der Waals surface area contributed by atoms with Gasteiger partial charge >= 0.3 is 17.9 Å². The number of hydrogen-bond acceptors (Lipinski definition) is 6. The molecule has 0 aromatic rings. The van der Waals surface area contributed by atoms with Gasteiger partial charge in [-0.1, -0.05) is 295 Å². The number of carbonyl (C=O) groups is 3. The van der Waals surface area contributed by atoms with Crippen molar-refractivity contribution in [1.82, 2.24) is 0 Å². The van der Waals surface area contributed by atoms with Gasteiger partial charge in [-0.15, -0.1) is 0 Å². The highest BCUT2D eigenvalue weighted by molar-refractivity contribution is 5.71. The van der Waals surface area contributed by atoms with Crippen LogP contribution in [0, 0.1) is 0 Å². The summed E-state index contributed by atoms with van der Waals surface area (Å²) in [5.41, 5.74) is 0. The first-order valence-corrected chi connectivity index (χ1v) is 32.0. The third-order valence-corrected chi connectivity index (χ3v) is 14.3. The molecule has 6 nitrogen and oxygen atoms in total. The number of allylic oxidation sites excluding steroid dienone is 6. The Kier molecular flexibility index (Phi) is 59.2. The van der Waals surface area contributed by atoms with Gasteiger partial charge in [0.25, 0.3) is 0 Å². The first kappa shape index (κ1) is 69.6. The number of esters is 3. The van der Waals surface area contributed by atoms with E-state index in [0.29, 0.717) is 19.3 Å². The Bertz CT molecular complexity index is 1210. The molecular weight excluding hydrogens is 889 g/mol. The third-order valence-electron chi connectivity index (χ3n) is 14.3. The van der Waals surface area contributed by atoms with Crippen LogP contribution < -0.4 is 0 Å². The lowest BCUT2D eigenvalue weighted by atomic mass is 10.0. The first-order valence-electron chi connectivity index (χ1n) is 32.0. The molecule has 0 aromatic heterocycles. The minimum atomic E-state index is -0.778. The number of hydrogen-bond donors (Lipinski definition) is 0. The van der Waals surface area contributed by atoms with E-state index in [4.69, 9.17) is 14.2 Å². The Morgan fingerprint density at radius 1 is 0.278 bits per heavy atom. The van der Waals surface area contributed by atoms with E-state index in [0.717, 1.165) is 83.5 Å². The van der Waals surface area contributed by atoms with Gasteiger partial charge in [0, 0.05) is 19.3 Å². The second kappa shape index (κ2) is 61.2. The van der Waals surface area contributed by atoms with Crippen LogP contribution in [-0.2, 0) is 28.6 Å². The maximum Gasteiger partial charge on any atom is 0.306 e. The quantitative estimate of drug-likeness (QED) is 0.0261. The summed E-state index contributed by atoms with van der Waals surface area (Å²) in [5.74, 6) is -0.872. The molecular formula is C66H122O6. The van der Waals surface area contributed by atoms with E-state index in [1.165, 1.54) is 225 Å². The second-order valence-corrected chi connectivity index (χ2v) is 21.7. The fraction of sp³-hybridized carbons (Fsp3) is 0.864. The van der Waals surface area contributed by atoms with E-state index in [-0.39, 0.29) is 31.1 Å². The van der Waals surface area contributed by atoms with Crippen molar-refractivity contribution in [2.24, 2.45) is 0 Å². The molecule has 0 aromatic carbocycles. The summed E-state index contributed by atoms with van der Waals surface area (Å²) in [6.07, 6.45) is 74.4. The lowest BCUT2D eigenvalue weighted by Gasteiger charge is -2.18. The van der Waals surface area contributed by atoms with Crippen molar-refractivity contribution < 1.29 is 28.6 Å². The van der Waals surface area contributed by atoms with Crippen molar-refractivity contribution in [2.75, 3.05) is 13.2 Å². The molecule has 0 heterocycles. The van der Waals surface area contributed by atoms with Crippen LogP contribution in [0.3, 0.4) is 0 Å². The Hall–Kier alpha value is -2.37. The number of ether oxygens (including phenoxy) is 3. The molecule has 0 radical (unpaired) electrons. The standard InChI is InChI=1S/C66H122O6/c1-4-7-10-13-16-19-22-25-27-29-31-32-33-34-35-37-38-41-44-47-50-53-56-59-65(68)71-62-63(61-70-64(67)58-55-52-49-46-43-40-24-21-18-15-12-9-6-3)72-66(69)60-57-54-51-48-45-42-39-36-30-28-26-23-20-17-14-11-8-5-2/h12,15,21,24,28,30,63H,4-11,13-14,16-20,22-23,25-27,29,31-62H2,1-3H3/b15-12-,24-21-,30-28-. The highest BCUT2D eigenvalue weighted by atomic mass is 16.6. The van der Waals surface area contributed by atoms with Crippen LogP contribution in [0.5, 0.6) is 0 Å². The SMILES string of the molecule is CCC/C=C\C/C=C\CCCCCCCC(=O)OCC(COC(=O)CCCCCCCCCCCCCCCCCCCCCCCCC)OC(=O)CCCCCCCCC/C=C\CCCCCCCCC. The molecule has 1 atom stereocenters. The zero-order valence-corrected chi connectivity index (χ0v) is 48.5. The average Bonchev–Trinajstić information content (AvgIpc) is 3.38. The van der Waals surface area contributed by atoms with E-state index in [1.54, 1.807) is 0 Å². The van der Waals surface area contributed by atoms with Crippen LogP contribution in [0.4, 0.5) is 0 Å². The number of carbonyl (C=O) groups excluding carboxylic acids is 3. The van der Waals surface area contributed by atoms with E-state index in [9.17, 15) is 14.4 Å². The molecule has 0 aliphatic heterocycles. The van der Waals surface area contributed by atoms with Crippen molar-refractivity contribution in [3.8, 4) is 0 Å². The number of rotatable bonds is 59. The van der Waals surface area contributed by atoms with Crippen molar-refractivity contribution >= 4 is 17.9 Å². The zero-order valence-electron chi connectivity index (χ0n) is 48.5. The van der Waals surface area contributed by atoms with Gasteiger partial charge in [0.05, 0.1) is 0 Å². The minimum absolute atomic E-state index is 0.0744. The fourth-order valence-corrected chi connectivity index (χ4v) is 9.54. The topological polar surface area (TPSA) is 78.9 Å². The molecule has 0 N–H and O–H groups in total. The van der Waals surface area contributed by atoms with E-state index in [1.807, 2.05) is 0 Å². The lowest BCUT2D eigenvalue weighted by molar-refractivity contribution is -0.167. The first-order chi connectivity index (χ1) is 35.5. The molecule has 72 heavy (non-hydrogen) atoms. The van der Waals surface area contributed by atoms with Crippen LogP contribution >= 0.6 is 0 Å². The van der Waals surface area contributed by atoms with Gasteiger partial charge in [0.15, 0.2) is 6.10 Å². The molecule has 0 fully saturated rings. The number of unbranched alkanes of at least 4 members (excludes halogenated alkanes) is 42. The third kappa shape index (κ3) is 58.5. The van der Waals surface area contributed by atoms with Gasteiger partial charge < -0.3 is 14.2 Å².